The maximum atomic E-state index is 12.1. The summed E-state index contributed by atoms with van der Waals surface area (Å²) < 4.78 is 0. The van der Waals surface area contributed by atoms with E-state index in [9.17, 15) is 4.79 Å². The summed E-state index contributed by atoms with van der Waals surface area (Å²) in [5.74, 6) is 0.938. The molecule has 2 aliphatic rings. The van der Waals surface area contributed by atoms with E-state index in [1.165, 1.54) is 23.1 Å². The molecule has 0 aliphatic heterocycles. The van der Waals surface area contributed by atoms with Gasteiger partial charge in [0.15, 0.2) is 0 Å². The van der Waals surface area contributed by atoms with Crippen molar-refractivity contribution in [3.05, 3.63) is 34.9 Å². The zero-order valence-electron chi connectivity index (χ0n) is 14.2. The van der Waals surface area contributed by atoms with Crippen molar-refractivity contribution in [2.75, 3.05) is 0 Å². The van der Waals surface area contributed by atoms with Crippen molar-refractivity contribution in [2.24, 2.45) is 11.3 Å². The maximum absolute atomic E-state index is 12.1. The molecule has 0 heterocycles. The molecular weight excluding hydrogens is 292 g/mol. The van der Waals surface area contributed by atoms with E-state index in [1.807, 2.05) is 0 Å². The van der Waals surface area contributed by atoms with Gasteiger partial charge in [-0.05, 0) is 71.2 Å². The number of aryl methyl sites for hydroxylation is 1. The van der Waals surface area contributed by atoms with Crippen molar-refractivity contribution in [3.8, 4) is 0 Å². The predicted octanol–water partition coefficient (Wildman–Crippen LogP) is 5.59. The smallest absolute Gasteiger partial charge is 0.227 e. The molecule has 2 aliphatic carbocycles. The fourth-order valence-corrected chi connectivity index (χ4v) is 5.33. The number of rotatable bonds is 2. The van der Waals surface area contributed by atoms with Crippen LogP contribution in [0, 0.1) is 11.3 Å². The summed E-state index contributed by atoms with van der Waals surface area (Å²) in [4.78, 5) is 12.1. The van der Waals surface area contributed by atoms with Gasteiger partial charge in [0.1, 0.15) is 0 Å². The first-order valence-corrected chi connectivity index (χ1v) is 9.00. The minimum absolute atomic E-state index is 0.0979. The van der Waals surface area contributed by atoms with Gasteiger partial charge in [0.25, 0.3) is 0 Å². The summed E-state index contributed by atoms with van der Waals surface area (Å²) in [5.41, 5.74) is 4.13. The molecule has 1 aromatic rings. The lowest BCUT2D eigenvalue weighted by Gasteiger charge is -2.54. The number of hydrogen-bond acceptors (Lipinski definition) is 1. The van der Waals surface area contributed by atoms with E-state index in [0.29, 0.717) is 11.8 Å². The molecular formula is C20H27ClO. The minimum Gasteiger partial charge on any atom is -0.281 e. The Kier molecular flexibility index (Phi) is 3.92. The summed E-state index contributed by atoms with van der Waals surface area (Å²) >= 11 is 6.03. The Balaban J connectivity index is 2.08. The summed E-state index contributed by atoms with van der Waals surface area (Å²) in [7, 11) is 0. The molecule has 1 fully saturated rings. The van der Waals surface area contributed by atoms with E-state index in [-0.39, 0.29) is 16.1 Å². The van der Waals surface area contributed by atoms with Crippen molar-refractivity contribution in [1.29, 1.82) is 0 Å². The lowest BCUT2D eigenvalue weighted by molar-refractivity contribution is -0.127. The van der Waals surface area contributed by atoms with Gasteiger partial charge in [-0.2, -0.15) is 0 Å². The van der Waals surface area contributed by atoms with Gasteiger partial charge >= 0.3 is 0 Å². The van der Waals surface area contributed by atoms with Crippen LogP contribution < -0.4 is 0 Å². The first-order valence-electron chi connectivity index (χ1n) is 8.62. The zero-order valence-corrected chi connectivity index (χ0v) is 15.0. The molecule has 2 heteroatoms. The molecule has 0 saturated heterocycles. The van der Waals surface area contributed by atoms with Crippen LogP contribution in [0.25, 0.3) is 0 Å². The fraction of sp³-hybridized carbons (Fsp3) is 0.650. The van der Waals surface area contributed by atoms with Crippen LogP contribution in [-0.4, -0.2) is 5.24 Å². The van der Waals surface area contributed by atoms with Crippen molar-refractivity contribution < 1.29 is 4.79 Å². The normalized spacial score (nSPS) is 34.2. The Bertz CT molecular complexity index is 606. The SMILES string of the molecule is CC(C)c1ccc2c(c1)CCC1C(C)(C(=O)Cl)CCCC21C. The summed E-state index contributed by atoms with van der Waals surface area (Å²) in [6, 6.07) is 7.02. The molecule has 0 N–H and O–H groups in total. The number of carbonyl (C=O) groups is 1. The molecule has 3 atom stereocenters. The molecule has 1 saturated carbocycles. The van der Waals surface area contributed by atoms with Crippen molar-refractivity contribution in [3.63, 3.8) is 0 Å². The standard InChI is InChI=1S/C20H27ClO/c1-13(2)14-6-8-16-15(12-14)7-9-17-19(16,3)10-5-11-20(17,4)18(21)22/h6,8,12-13,17H,5,7,9-11H2,1-4H3. The topological polar surface area (TPSA) is 17.1 Å². The molecule has 3 rings (SSSR count). The number of halogens is 1. The molecule has 22 heavy (non-hydrogen) atoms. The lowest BCUT2D eigenvalue weighted by Crippen LogP contribution is -2.51. The monoisotopic (exact) mass is 318 g/mol. The van der Waals surface area contributed by atoms with Gasteiger partial charge in [-0.1, -0.05) is 52.3 Å². The first kappa shape index (κ1) is 16.1. The molecule has 0 radical (unpaired) electrons. The van der Waals surface area contributed by atoms with Gasteiger partial charge in [0.05, 0.1) is 0 Å². The zero-order chi connectivity index (χ0) is 16.1. The third-order valence-corrected chi connectivity index (χ3v) is 6.92. The van der Waals surface area contributed by atoms with E-state index in [0.717, 1.165) is 25.7 Å². The minimum atomic E-state index is -0.358. The predicted molar refractivity (Wildman–Crippen MR) is 92.5 cm³/mol. The van der Waals surface area contributed by atoms with Gasteiger partial charge in [-0.3, -0.25) is 4.79 Å². The number of benzene rings is 1. The summed E-state index contributed by atoms with van der Waals surface area (Å²) in [6.45, 7) is 8.96. The molecule has 0 amide bonds. The highest BCUT2D eigenvalue weighted by Crippen LogP contribution is 2.58. The number of fused-ring (bicyclic) bond motifs is 3. The van der Waals surface area contributed by atoms with Gasteiger partial charge in [-0.25, -0.2) is 0 Å². The molecule has 3 unspecified atom stereocenters. The summed E-state index contributed by atoms with van der Waals surface area (Å²) in [5, 5.41) is -0.134. The molecule has 0 bridgehead atoms. The Morgan fingerprint density at radius 1 is 1.27 bits per heavy atom. The number of hydrogen-bond donors (Lipinski definition) is 0. The third-order valence-electron chi connectivity index (χ3n) is 6.49. The fourth-order valence-electron chi connectivity index (χ4n) is 5.11. The Morgan fingerprint density at radius 3 is 2.64 bits per heavy atom. The van der Waals surface area contributed by atoms with E-state index < -0.39 is 0 Å². The molecule has 0 spiro atoms. The average molecular weight is 319 g/mol. The second-order valence-corrected chi connectivity index (χ2v) is 8.47. The van der Waals surface area contributed by atoms with E-state index in [4.69, 9.17) is 11.6 Å². The van der Waals surface area contributed by atoms with Gasteiger partial charge in [-0.15, -0.1) is 0 Å². The van der Waals surface area contributed by atoms with Crippen LogP contribution in [0.4, 0.5) is 0 Å². The third kappa shape index (κ3) is 2.24. The lowest BCUT2D eigenvalue weighted by atomic mass is 9.50. The molecule has 120 valence electrons. The Labute approximate surface area is 139 Å². The maximum Gasteiger partial charge on any atom is 0.227 e. The molecule has 1 nitrogen and oxygen atoms in total. The second kappa shape index (κ2) is 5.37. The van der Waals surface area contributed by atoms with Crippen LogP contribution in [0.15, 0.2) is 18.2 Å². The van der Waals surface area contributed by atoms with Gasteiger partial charge in [0.2, 0.25) is 5.24 Å². The van der Waals surface area contributed by atoms with Gasteiger partial charge < -0.3 is 0 Å². The van der Waals surface area contributed by atoms with E-state index in [2.05, 4.69) is 45.9 Å². The van der Waals surface area contributed by atoms with E-state index >= 15 is 0 Å². The van der Waals surface area contributed by atoms with Crippen LogP contribution in [0.3, 0.4) is 0 Å². The van der Waals surface area contributed by atoms with Crippen LogP contribution in [0.1, 0.15) is 76.0 Å². The van der Waals surface area contributed by atoms with Crippen molar-refractivity contribution in [1.82, 2.24) is 0 Å². The Hall–Kier alpha value is -0.820. The number of carbonyl (C=O) groups excluding carboxylic acids is 1. The largest absolute Gasteiger partial charge is 0.281 e. The highest BCUT2D eigenvalue weighted by Gasteiger charge is 2.54. The van der Waals surface area contributed by atoms with Crippen LogP contribution >= 0.6 is 11.6 Å². The highest BCUT2D eigenvalue weighted by molar-refractivity contribution is 6.64. The average Bonchev–Trinajstić information content (AvgIpc) is 2.46. The van der Waals surface area contributed by atoms with Crippen molar-refractivity contribution in [2.45, 2.75) is 71.1 Å². The van der Waals surface area contributed by atoms with Crippen LogP contribution in [-0.2, 0) is 16.6 Å². The van der Waals surface area contributed by atoms with Crippen LogP contribution in [0.5, 0.6) is 0 Å². The highest BCUT2D eigenvalue weighted by atomic mass is 35.5. The van der Waals surface area contributed by atoms with Gasteiger partial charge in [0, 0.05) is 5.41 Å². The first-order chi connectivity index (χ1) is 10.3. The molecule has 0 aromatic heterocycles. The second-order valence-electron chi connectivity index (χ2n) is 8.12. The van der Waals surface area contributed by atoms with E-state index in [1.54, 1.807) is 0 Å². The summed E-state index contributed by atoms with van der Waals surface area (Å²) in [6.07, 6.45) is 5.36. The van der Waals surface area contributed by atoms with Crippen LogP contribution in [0.2, 0.25) is 0 Å². The Morgan fingerprint density at radius 2 is 2.00 bits per heavy atom. The van der Waals surface area contributed by atoms with Crippen molar-refractivity contribution >= 4 is 16.8 Å². The quantitative estimate of drug-likeness (QED) is 0.650. The molecule has 1 aromatic carbocycles.